The lowest BCUT2D eigenvalue weighted by molar-refractivity contribution is -0.389. The Kier molecular flexibility index (Phi) is 3.93. The molecule has 2 aliphatic heterocycles. The highest BCUT2D eigenvalue weighted by molar-refractivity contribution is 5.61. The van der Waals surface area contributed by atoms with Gasteiger partial charge >= 0.3 is 5.82 Å². The summed E-state index contributed by atoms with van der Waals surface area (Å²) in [6.07, 6.45) is 4.79. The van der Waals surface area contributed by atoms with Crippen molar-refractivity contribution in [3.8, 4) is 0 Å². The number of para-hydroxylation sites is 1. The molecule has 1 aromatic carbocycles. The van der Waals surface area contributed by atoms with Crippen LogP contribution in [0, 0.1) is 10.1 Å². The van der Waals surface area contributed by atoms with E-state index in [4.69, 9.17) is 0 Å². The number of aromatic nitrogens is 2. The van der Waals surface area contributed by atoms with Crippen molar-refractivity contribution in [3.05, 3.63) is 51.7 Å². The van der Waals surface area contributed by atoms with Crippen LogP contribution in [-0.4, -0.2) is 39.2 Å². The summed E-state index contributed by atoms with van der Waals surface area (Å²) in [5.41, 5.74) is 4.12. The number of anilines is 1. The predicted molar refractivity (Wildman–Crippen MR) is 91.1 cm³/mol. The molecule has 0 saturated carbocycles. The van der Waals surface area contributed by atoms with Crippen LogP contribution in [0.2, 0.25) is 0 Å². The summed E-state index contributed by atoms with van der Waals surface area (Å²) >= 11 is 0. The Bertz CT molecular complexity index is 749. The Morgan fingerprint density at radius 3 is 2.88 bits per heavy atom. The molecular weight excluding hydrogens is 306 g/mol. The van der Waals surface area contributed by atoms with Crippen LogP contribution in [0.3, 0.4) is 0 Å². The molecule has 0 aliphatic carbocycles. The van der Waals surface area contributed by atoms with Crippen molar-refractivity contribution < 1.29 is 4.92 Å². The minimum Gasteiger partial charge on any atom is -0.384 e. The molecule has 1 N–H and O–H groups in total. The standard InChI is InChI=1S/C17H21N5O2/c23-22(24)16-7-11-21(19-16)15-5-9-20(10-6-15)12-14-3-1-2-13-4-8-18-17(13)14/h1-3,7,11,15,18H,4-6,8-10,12H2. The van der Waals surface area contributed by atoms with E-state index in [9.17, 15) is 10.1 Å². The van der Waals surface area contributed by atoms with Gasteiger partial charge in [-0.1, -0.05) is 18.2 Å². The fourth-order valence-electron chi connectivity index (χ4n) is 3.75. The molecule has 7 heteroatoms. The van der Waals surface area contributed by atoms with Crippen molar-refractivity contribution >= 4 is 11.5 Å². The van der Waals surface area contributed by atoms with Gasteiger partial charge in [-0.15, -0.1) is 0 Å². The highest BCUT2D eigenvalue weighted by Crippen LogP contribution is 2.29. The second-order valence-electron chi connectivity index (χ2n) is 6.55. The number of fused-ring (bicyclic) bond motifs is 1. The zero-order valence-electron chi connectivity index (χ0n) is 13.5. The lowest BCUT2D eigenvalue weighted by Gasteiger charge is -2.31. The first kappa shape index (κ1) is 15.1. The van der Waals surface area contributed by atoms with Gasteiger partial charge < -0.3 is 15.4 Å². The number of hydrogen-bond donors (Lipinski definition) is 1. The molecule has 4 rings (SSSR count). The van der Waals surface area contributed by atoms with Crippen molar-refractivity contribution in [2.24, 2.45) is 0 Å². The molecule has 0 unspecified atom stereocenters. The van der Waals surface area contributed by atoms with Gasteiger partial charge in [0.25, 0.3) is 0 Å². The van der Waals surface area contributed by atoms with Crippen LogP contribution in [-0.2, 0) is 13.0 Å². The van der Waals surface area contributed by atoms with E-state index < -0.39 is 4.92 Å². The summed E-state index contributed by atoms with van der Waals surface area (Å²) in [5, 5.41) is 18.3. The average Bonchev–Trinajstić information content (AvgIpc) is 3.25. The first-order valence-electron chi connectivity index (χ1n) is 8.47. The summed E-state index contributed by atoms with van der Waals surface area (Å²) in [7, 11) is 0. The fraction of sp³-hybridized carbons (Fsp3) is 0.471. The van der Waals surface area contributed by atoms with Gasteiger partial charge in [0.1, 0.15) is 0 Å². The molecule has 0 amide bonds. The first-order chi connectivity index (χ1) is 11.7. The minimum absolute atomic E-state index is 0.0663. The fourth-order valence-corrected chi connectivity index (χ4v) is 3.75. The van der Waals surface area contributed by atoms with Crippen LogP contribution in [0.1, 0.15) is 30.0 Å². The third-order valence-electron chi connectivity index (χ3n) is 5.04. The smallest absolute Gasteiger partial charge is 0.384 e. The molecular formula is C17H21N5O2. The van der Waals surface area contributed by atoms with Gasteiger partial charge in [-0.05, 0) is 35.3 Å². The van der Waals surface area contributed by atoms with E-state index in [1.54, 1.807) is 10.9 Å². The third-order valence-corrected chi connectivity index (χ3v) is 5.04. The second-order valence-corrected chi connectivity index (χ2v) is 6.55. The number of rotatable bonds is 4. The van der Waals surface area contributed by atoms with Gasteiger partial charge in [0.2, 0.25) is 0 Å². The summed E-state index contributed by atoms with van der Waals surface area (Å²) in [6.45, 7) is 3.97. The number of nitro groups is 1. The SMILES string of the molecule is O=[N+]([O-])c1ccn(C2CCN(Cc3cccc4c3NCC4)CC2)n1. The van der Waals surface area contributed by atoms with E-state index in [0.29, 0.717) is 0 Å². The van der Waals surface area contributed by atoms with Crippen molar-refractivity contribution in [2.45, 2.75) is 31.8 Å². The van der Waals surface area contributed by atoms with E-state index in [2.05, 4.69) is 33.5 Å². The van der Waals surface area contributed by atoms with E-state index in [-0.39, 0.29) is 11.9 Å². The molecule has 7 nitrogen and oxygen atoms in total. The summed E-state index contributed by atoms with van der Waals surface area (Å²) in [4.78, 5) is 12.8. The number of likely N-dealkylation sites (tertiary alicyclic amines) is 1. The molecule has 3 heterocycles. The first-order valence-corrected chi connectivity index (χ1v) is 8.47. The van der Waals surface area contributed by atoms with E-state index >= 15 is 0 Å². The van der Waals surface area contributed by atoms with Crippen LogP contribution < -0.4 is 5.32 Å². The summed E-state index contributed by atoms with van der Waals surface area (Å²) < 4.78 is 1.76. The van der Waals surface area contributed by atoms with E-state index in [1.807, 2.05) is 0 Å². The molecule has 1 saturated heterocycles. The van der Waals surface area contributed by atoms with Crippen molar-refractivity contribution in [1.82, 2.24) is 14.7 Å². The molecule has 0 radical (unpaired) electrons. The van der Waals surface area contributed by atoms with Crippen molar-refractivity contribution in [3.63, 3.8) is 0 Å². The van der Waals surface area contributed by atoms with Crippen LogP contribution >= 0.6 is 0 Å². The Balaban J connectivity index is 1.38. The molecule has 0 spiro atoms. The van der Waals surface area contributed by atoms with Crippen molar-refractivity contribution in [1.29, 1.82) is 0 Å². The Hall–Kier alpha value is -2.41. The molecule has 2 aliphatic rings. The molecule has 1 aromatic heterocycles. The quantitative estimate of drug-likeness (QED) is 0.690. The van der Waals surface area contributed by atoms with Gasteiger partial charge in [0, 0.05) is 31.9 Å². The average molecular weight is 327 g/mol. The summed E-state index contributed by atoms with van der Waals surface area (Å²) in [5.74, 6) is -0.0663. The number of benzene rings is 1. The Morgan fingerprint density at radius 2 is 2.12 bits per heavy atom. The van der Waals surface area contributed by atoms with E-state index in [1.165, 1.54) is 22.9 Å². The molecule has 2 aromatic rings. The molecule has 1 fully saturated rings. The lowest BCUT2D eigenvalue weighted by Crippen LogP contribution is -2.34. The molecule has 0 bridgehead atoms. The number of hydrogen-bond acceptors (Lipinski definition) is 5. The topological polar surface area (TPSA) is 76.2 Å². The molecule has 0 atom stereocenters. The molecule has 126 valence electrons. The van der Waals surface area contributed by atoms with Gasteiger partial charge in [-0.2, -0.15) is 4.68 Å². The monoisotopic (exact) mass is 327 g/mol. The van der Waals surface area contributed by atoms with Crippen LogP contribution in [0.5, 0.6) is 0 Å². The summed E-state index contributed by atoms with van der Waals surface area (Å²) in [6, 6.07) is 8.30. The number of nitrogens with zero attached hydrogens (tertiary/aromatic N) is 4. The van der Waals surface area contributed by atoms with Gasteiger partial charge in [-0.3, -0.25) is 4.90 Å². The van der Waals surface area contributed by atoms with E-state index in [0.717, 1.165) is 45.4 Å². The Labute approximate surface area is 140 Å². The predicted octanol–water partition coefficient (Wildman–Crippen LogP) is 2.60. The maximum atomic E-state index is 10.8. The number of piperidine rings is 1. The third kappa shape index (κ3) is 2.87. The number of nitrogens with one attached hydrogen (secondary N) is 1. The lowest BCUT2D eigenvalue weighted by atomic mass is 10.0. The Morgan fingerprint density at radius 1 is 1.29 bits per heavy atom. The largest absolute Gasteiger partial charge is 0.389 e. The van der Waals surface area contributed by atoms with Crippen LogP contribution in [0.4, 0.5) is 11.5 Å². The van der Waals surface area contributed by atoms with Gasteiger partial charge in [0.15, 0.2) is 0 Å². The minimum atomic E-state index is -0.436. The maximum Gasteiger partial charge on any atom is 0.389 e. The highest BCUT2D eigenvalue weighted by Gasteiger charge is 2.25. The normalized spacial score (nSPS) is 18.3. The highest BCUT2D eigenvalue weighted by atomic mass is 16.6. The van der Waals surface area contributed by atoms with Crippen molar-refractivity contribution in [2.75, 3.05) is 25.0 Å². The zero-order chi connectivity index (χ0) is 16.5. The zero-order valence-corrected chi connectivity index (χ0v) is 13.5. The molecule has 24 heavy (non-hydrogen) atoms. The van der Waals surface area contributed by atoms with Gasteiger partial charge in [-0.25, -0.2) is 0 Å². The van der Waals surface area contributed by atoms with Crippen LogP contribution in [0.15, 0.2) is 30.5 Å². The maximum absolute atomic E-state index is 10.8. The second kappa shape index (κ2) is 6.24. The van der Waals surface area contributed by atoms with Gasteiger partial charge in [0.05, 0.1) is 23.4 Å². The van der Waals surface area contributed by atoms with Crippen LogP contribution in [0.25, 0.3) is 0 Å².